The summed E-state index contributed by atoms with van der Waals surface area (Å²) in [5, 5.41) is 0. The van der Waals surface area contributed by atoms with E-state index in [1.54, 1.807) is 7.11 Å². The third-order valence-corrected chi connectivity index (χ3v) is 8.60. The summed E-state index contributed by atoms with van der Waals surface area (Å²) < 4.78 is 5.55. The highest BCUT2D eigenvalue weighted by molar-refractivity contribution is 5.94. The van der Waals surface area contributed by atoms with Crippen molar-refractivity contribution < 1.29 is 9.53 Å². The summed E-state index contributed by atoms with van der Waals surface area (Å²) >= 11 is 0. The predicted molar refractivity (Wildman–Crippen MR) is 136 cm³/mol. The van der Waals surface area contributed by atoms with E-state index in [4.69, 9.17) is 4.74 Å². The molecule has 1 aromatic heterocycles. The fourth-order valence-electron chi connectivity index (χ4n) is 6.57. The van der Waals surface area contributed by atoms with Gasteiger partial charge in [-0.25, -0.2) is 4.98 Å². The summed E-state index contributed by atoms with van der Waals surface area (Å²) in [6, 6.07) is 14.3. The Hall–Kier alpha value is -2.40. The average molecular weight is 462 g/mol. The lowest BCUT2D eigenvalue weighted by Crippen LogP contribution is -2.47. The van der Waals surface area contributed by atoms with Crippen LogP contribution >= 0.6 is 0 Å². The Kier molecular flexibility index (Phi) is 7.48. The van der Waals surface area contributed by atoms with E-state index in [1.807, 2.05) is 35.4 Å². The van der Waals surface area contributed by atoms with Gasteiger partial charge in [-0.15, -0.1) is 0 Å². The molecule has 2 bridgehead atoms. The molecular formula is C29H39N3O2. The number of nitrogens with zero attached hydrogens (tertiary/aromatic N) is 3. The third-order valence-electron chi connectivity index (χ3n) is 8.60. The summed E-state index contributed by atoms with van der Waals surface area (Å²) in [4.78, 5) is 22.8. The van der Waals surface area contributed by atoms with Gasteiger partial charge in [-0.2, -0.15) is 0 Å². The number of likely N-dealkylation sites (tertiary alicyclic amines) is 1. The van der Waals surface area contributed by atoms with Crippen molar-refractivity contribution in [2.75, 3.05) is 38.2 Å². The highest BCUT2D eigenvalue weighted by Gasteiger charge is 2.41. The SMILES string of the molecule is COc1ccccc1CC1CCN(CCN(C(=O)C2CC3CCC2CC3)c2ccccn2)CC1. The number of benzene rings is 1. The van der Waals surface area contributed by atoms with Gasteiger partial charge in [0.25, 0.3) is 0 Å². The van der Waals surface area contributed by atoms with Crippen molar-refractivity contribution in [1.82, 2.24) is 9.88 Å². The molecule has 3 saturated carbocycles. The van der Waals surface area contributed by atoms with E-state index < -0.39 is 0 Å². The molecule has 182 valence electrons. The molecule has 1 saturated heterocycles. The van der Waals surface area contributed by atoms with E-state index >= 15 is 0 Å². The zero-order chi connectivity index (χ0) is 23.3. The number of carbonyl (C=O) groups excluding carboxylic acids is 1. The van der Waals surface area contributed by atoms with Crippen molar-refractivity contribution in [3.05, 3.63) is 54.2 Å². The first-order valence-corrected chi connectivity index (χ1v) is 13.3. The molecule has 5 heteroatoms. The number of aromatic nitrogens is 1. The summed E-state index contributed by atoms with van der Waals surface area (Å²) in [6.07, 6.45) is 11.5. The van der Waals surface area contributed by atoms with Crippen LogP contribution in [0.1, 0.15) is 50.5 Å². The summed E-state index contributed by atoms with van der Waals surface area (Å²) in [7, 11) is 1.76. The molecular weight excluding hydrogens is 422 g/mol. The van der Waals surface area contributed by atoms with Gasteiger partial charge < -0.3 is 9.64 Å². The second kappa shape index (κ2) is 10.9. The lowest BCUT2D eigenvalue weighted by Gasteiger charge is -2.43. The van der Waals surface area contributed by atoms with Crippen molar-refractivity contribution in [2.24, 2.45) is 23.7 Å². The number of hydrogen-bond donors (Lipinski definition) is 0. The Morgan fingerprint density at radius 1 is 1.03 bits per heavy atom. The topological polar surface area (TPSA) is 45.7 Å². The first kappa shape index (κ1) is 23.3. The smallest absolute Gasteiger partial charge is 0.231 e. The van der Waals surface area contributed by atoms with E-state index in [9.17, 15) is 4.79 Å². The molecule has 5 nitrogen and oxygen atoms in total. The van der Waals surface area contributed by atoms with Crippen LogP contribution in [0.2, 0.25) is 0 Å². The van der Waals surface area contributed by atoms with Crippen LogP contribution in [-0.4, -0.2) is 49.1 Å². The molecule has 0 spiro atoms. The number of ether oxygens (including phenoxy) is 1. The van der Waals surface area contributed by atoms with Gasteiger partial charge in [-0.3, -0.25) is 9.69 Å². The summed E-state index contributed by atoms with van der Waals surface area (Å²) in [5.74, 6) is 4.37. The molecule has 1 atom stereocenters. The summed E-state index contributed by atoms with van der Waals surface area (Å²) in [5.41, 5.74) is 1.32. The lowest BCUT2D eigenvalue weighted by molar-refractivity contribution is -0.127. The lowest BCUT2D eigenvalue weighted by atomic mass is 9.64. The molecule has 0 radical (unpaired) electrons. The second-order valence-corrected chi connectivity index (χ2v) is 10.6. The zero-order valence-electron chi connectivity index (χ0n) is 20.6. The first-order chi connectivity index (χ1) is 16.7. The number of carbonyl (C=O) groups is 1. The van der Waals surface area contributed by atoms with Crippen LogP contribution in [0.25, 0.3) is 0 Å². The van der Waals surface area contributed by atoms with Crippen molar-refractivity contribution in [2.45, 2.75) is 51.4 Å². The quantitative estimate of drug-likeness (QED) is 0.542. The number of fused-ring (bicyclic) bond motifs is 3. The molecule has 1 amide bonds. The van der Waals surface area contributed by atoms with Crippen LogP contribution in [0.5, 0.6) is 5.75 Å². The Morgan fingerprint density at radius 3 is 2.47 bits per heavy atom. The molecule has 4 fully saturated rings. The van der Waals surface area contributed by atoms with Crippen molar-refractivity contribution in [1.29, 1.82) is 0 Å². The van der Waals surface area contributed by atoms with Gasteiger partial charge in [0.1, 0.15) is 11.6 Å². The predicted octanol–water partition coefficient (Wildman–Crippen LogP) is 5.20. The minimum Gasteiger partial charge on any atom is -0.496 e. The highest BCUT2D eigenvalue weighted by Crippen LogP contribution is 2.45. The number of piperidine rings is 1. The number of rotatable bonds is 8. The van der Waals surface area contributed by atoms with Gasteiger partial charge in [0.05, 0.1) is 7.11 Å². The Morgan fingerprint density at radius 2 is 1.79 bits per heavy atom. The number of hydrogen-bond acceptors (Lipinski definition) is 4. The molecule has 6 rings (SSSR count). The molecule has 2 heterocycles. The monoisotopic (exact) mass is 461 g/mol. The minimum absolute atomic E-state index is 0.195. The maximum Gasteiger partial charge on any atom is 0.231 e. The number of amides is 1. The maximum atomic E-state index is 13.7. The van der Waals surface area contributed by atoms with Crippen LogP contribution in [-0.2, 0) is 11.2 Å². The van der Waals surface area contributed by atoms with Crippen LogP contribution < -0.4 is 9.64 Å². The standard InChI is InChI=1S/C29H39N3O2/c1-34-27-7-3-2-6-25(27)20-23-13-16-31(17-14-23)18-19-32(28-8-4-5-15-30-28)29(33)26-21-22-9-11-24(26)12-10-22/h2-8,15,22-24,26H,9-14,16-21H2,1H3. The van der Waals surface area contributed by atoms with E-state index in [0.717, 1.165) is 56.5 Å². The van der Waals surface area contributed by atoms with Gasteiger partial charge in [0, 0.05) is 25.2 Å². The van der Waals surface area contributed by atoms with E-state index in [2.05, 4.69) is 28.1 Å². The summed E-state index contributed by atoms with van der Waals surface area (Å²) in [6.45, 7) is 3.85. The van der Waals surface area contributed by atoms with Crippen LogP contribution in [0, 0.1) is 23.7 Å². The van der Waals surface area contributed by atoms with Crippen molar-refractivity contribution in [3.63, 3.8) is 0 Å². The molecule has 2 aromatic rings. The van der Waals surface area contributed by atoms with Gasteiger partial charge in [0.2, 0.25) is 5.91 Å². The normalized spacial score (nSPS) is 25.3. The largest absolute Gasteiger partial charge is 0.496 e. The zero-order valence-corrected chi connectivity index (χ0v) is 20.6. The maximum absolute atomic E-state index is 13.7. The number of pyridine rings is 1. The average Bonchev–Trinajstić information content (AvgIpc) is 2.91. The van der Waals surface area contributed by atoms with Crippen LogP contribution in [0.4, 0.5) is 5.82 Å². The second-order valence-electron chi connectivity index (χ2n) is 10.6. The van der Waals surface area contributed by atoms with Crippen LogP contribution in [0.3, 0.4) is 0 Å². The van der Waals surface area contributed by atoms with Crippen LogP contribution in [0.15, 0.2) is 48.7 Å². The van der Waals surface area contributed by atoms with E-state index in [-0.39, 0.29) is 5.92 Å². The van der Waals surface area contributed by atoms with Gasteiger partial charge >= 0.3 is 0 Å². The van der Waals surface area contributed by atoms with Gasteiger partial charge in [0.15, 0.2) is 0 Å². The van der Waals surface area contributed by atoms with Crippen molar-refractivity contribution >= 4 is 11.7 Å². The fourth-order valence-corrected chi connectivity index (χ4v) is 6.57. The third kappa shape index (κ3) is 5.30. The van der Waals surface area contributed by atoms with Gasteiger partial charge in [-0.05, 0) is 93.1 Å². The molecule has 1 aliphatic heterocycles. The highest BCUT2D eigenvalue weighted by atomic mass is 16.5. The fraction of sp³-hybridized carbons (Fsp3) is 0.586. The minimum atomic E-state index is 0.195. The number of methoxy groups -OCH3 is 1. The van der Waals surface area contributed by atoms with E-state index in [1.165, 1.54) is 44.1 Å². The molecule has 34 heavy (non-hydrogen) atoms. The Balaban J connectivity index is 1.18. The number of anilines is 1. The molecule has 1 aromatic carbocycles. The molecule has 3 aliphatic carbocycles. The molecule has 1 unspecified atom stereocenters. The van der Waals surface area contributed by atoms with Crippen molar-refractivity contribution in [3.8, 4) is 5.75 Å². The molecule has 0 N–H and O–H groups in total. The Bertz CT molecular complexity index is 933. The van der Waals surface area contributed by atoms with E-state index in [0.29, 0.717) is 17.7 Å². The number of para-hydroxylation sites is 1. The van der Waals surface area contributed by atoms with Gasteiger partial charge in [-0.1, -0.05) is 37.1 Å². The molecule has 4 aliphatic rings. The first-order valence-electron chi connectivity index (χ1n) is 13.3. The Labute approximate surface area is 204 Å².